The van der Waals surface area contributed by atoms with E-state index in [9.17, 15) is 9.90 Å². The molecule has 1 fully saturated rings. The van der Waals surface area contributed by atoms with Crippen LogP contribution in [0.2, 0.25) is 0 Å². The first-order valence-electron chi connectivity index (χ1n) is 8.36. The number of fused-ring (bicyclic) bond motifs is 1. The van der Waals surface area contributed by atoms with Gasteiger partial charge in [0, 0.05) is 19.6 Å². The van der Waals surface area contributed by atoms with E-state index in [-0.39, 0.29) is 17.3 Å². The summed E-state index contributed by atoms with van der Waals surface area (Å²) in [7, 11) is 0. The van der Waals surface area contributed by atoms with Gasteiger partial charge in [-0.05, 0) is 23.8 Å². The van der Waals surface area contributed by atoms with Crippen molar-refractivity contribution in [2.45, 2.75) is 6.54 Å². The van der Waals surface area contributed by atoms with Crippen molar-refractivity contribution in [1.29, 1.82) is 0 Å². The molecule has 25 heavy (non-hydrogen) atoms. The molecule has 2 aromatic carbocycles. The molecule has 1 N–H and O–H groups in total. The van der Waals surface area contributed by atoms with Crippen LogP contribution in [0.3, 0.4) is 0 Å². The van der Waals surface area contributed by atoms with E-state index >= 15 is 0 Å². The monoisotopic (exact) mass is 337 g/mol. The summed E-state index contributed by atoms with van der Waals surface area (Å²) in [6.07, 6.45) is 1.73. The molecule has 2 heterocycles. The van der Waals surface area contributed by atoms with Crippen LogP contribution in [0.25, 0.3) is 6.08 Å². The van der Waals surface area contributed by atoms with E-state index in [1.165, 1.54) is 0 Å². The van der Waals surface area contributed by atoms with Gasteiger partial charge in [-0.15, -0.1) is 0 Å². The molecular weight excluding hydrogens is 318 g/mol. The molecule has 2 aromatic rings. The number of phenolic OH excluding ortho intramolecular Hbond substituents is 1. The Balaban J connectivity index is 1.66. The highest BCUT2D eigenvalue weighted by Crippen LogP contribution is 2.40. The van der Waals surface area contributed by atoms with Crippen molar-refractivity contribution in [3.8, 4) is 11.5 Å². The van der Waals surface area contributed by atoms with Crippen LogP contribution in [-0.2, 0) is 11.3 Å². The lowest BCUT2D eigenvalue weighted by Crippen LogP contribution is -2.35. The summed E-state index contributed by atoms with van der Waals surface area (Å²) >= 11 is 0. The number of carbonyl (C=O) groups is 1. The molecule has 0 spiro atoms. The zero-order valence-corrected chi connectivity index (χ0v) is 13.8. The van der Waals surface area contributed by atoms with Crippen molar-refractivity contribution < 1.29 is 19.4 Å². The van der Waals surface area contributed by atoms with Gasteiger partial charge in [0.15, 0.2) is 5.76 Å². The van der Waals surface area contributed by atoms with Crippen LogP contribution in [0, 0.1) is 0 Å². The third kappa shape index (κ3) is 3.16. The Hall–Kier alpha value is -2.63. The van der Waals surface area contributed by atoms with Gasteiger partial charge in [0.1, 0.15) is 11.5 Å². The van der Waals surface area contributed by atoms with Gasteiger partial charge >= 0.3 is 0 Å². The Morgan fingerprint density at radius 2 is 1.84 bits per heavy atom. The predicted molar refractivity (Wildman–Crippen MR) is 93.6 cm³/mol. The maximum Gasteiger partial charge on any atom is 0.231 e. The highest BCUT2D eigenvalue weighted by molar-refractivity contribution is 6.14. The zero-order valence-electron chi connectivity index (χ0n) is 13.8. The number of hydrogen-bond donors (Lipinski definition) is 1. The maximum atomic E-state index is 12.6. The Morgan fingerprint density at radius 1 is 1.08 bits per heavy atom. The summed E-state index contributed by atoms with van der Waals surface area (Å²) in [5, 5.41) is 10.3. The van der Waals surface area contributed by atoms with Crippen LogP contribution in [0.1, 0.15) is 21.5 Å². The fourth-order valence-electron chi connectivity index (χ4n) is 3.13. The van der Waals surface area contributed by atoms with E-state index < -0.39 is 0 Å². The van der Waals surface area contributed by atoms with Crippen molar-refractivity contribution in [2.75, 3.05) is 26.3 Å². The van der Waals surface area contributed by atoms with Crippen LogP contribution >= 0.6 is 0 Å². The van der Waals surface area contributed by atoms with Gasteiger partial charge in [-0.2, -0.15) is 0 Å². The second-order valence-corrected chi connectivity index (χ2v) is 6.18. The number of ether oxygens (including phenoxy) is 2. The number of ketones is 1. The normalized spacial score (nSPS) is 19.0. The summed E-state index contributed by atoms with van der Waals surface area (Å²) in [4.78, 5) is 14.8. The molecule has 0 atom stereocenters. The van der Waals surface area contributed by atoms with E-state index in [0.717, 1.165) is 18.7 Å². The Bertz CT molecular complexity index is 823. The lowest BCUT2D eigenvalue weighted by Gasteiger charge is -2.27. The number of benzene rings is 2. The molecule has 5 nitrogen and oxygen atoms in total. The summed E-state index contributed by atoms with van der Waals surface area (Å²) in [5.74, 6) is 0.759. The van der Waals surface area contributed by atoms with Gasteiger partial charge in [-0.3, -0.25) is 9.69 Å². The minimum Gasteiger partial charge on any atom is -0.507 e. The number of aromatic hydroxyl groups is 1. The van der Waals surface area contributed by atoms with E-state index in [2.05, 4.69) is 4.90 Å². The first-order valence-corrected chi connectivity index (χ1v) is 8.36. The van der Waals surface area contributed by atoms with Crippen molar-refractivity contribution in [3.05, 3.63) is 64.9 Å². The molecule has 1 saturated heterocycles. The van der Waals surface area contributed by atoms with Crippen LogP contribution in [0.5, 0.6) is 11.5 Å². The van der Waals surface area contributed by atoms with Crippen LogP contribution in [0.4, 0.5) is 0 Å². The topological polar surface area (TPSA) is 59.0 Å². The van der Waals surface area contributed by atoms with E-state index in [4.69, 9.17) is 9.47 Å². The quantitative estimate of drug-likeness (QED) is 0.873. The third-order valence-corrected chi connectivity index (χ3v) is 4.50. The minimum atomic E-state index is -0.151. The highest BCUT2D eigenvalue weighted by Gasteiger charge is 2.31. The summed E-state index contributed by atoms with van der Waals surface area (Å²) < 4.78 is 11.2. The molecule has 0 radical (unpaired) electrons. The summed E-state index contributed by atoms with van der Waals surface area (Å²) in [5.41, 5.74) is 2.06. The third-order valence-electron chi connectivity index (χ3n) is 4.50. The second kappa shape index (κ2) is 6.70. The average Bonchev–Trinajstić information content (AvgIpc) is 2.95. The minimum absolute atomic E-state index is 0.151. The number of phenols is 1. The number of morpholine rings is 1. The van der Waals surface area contributed by atoms with Gasteiger partial charge in [0.2, 0.25) is 5.78 Å². The molecule has 2 aliphatic heterocycles. The number of rotatable bonds is 3. The van der Waals surface area contributed by atoms with Crippen LogP contribution < -0.4 is 4.74 Å². The summed E-state index contributed by atoms with van der Waals surface area (Å²) in [6.45, 7) is 3.47. The number of Topliss-reactive ketones (excluding diaryl/α,β-unsaturated/α-hetero) is 1. The SMILES string of the molecule is O=C1/C(=C/c2ccccc2)Oc2c1ccc(O)c2CN1CCOCC1. The van der Waals surface area contributed by atoms with Crippen molar-refractivity contribution >= 4 is 11.9 Å². The average molecular weight is 337 g/mol. The van der Waals surface area contributed by atoms with Gasteiger partial charge in [0.25, 0.3) is 0 Å². The smallest absolute Gasteiger partial charge is 0.231 e. The lowest BCUT2D eigenvalue weighted by atomic mass is 10.0. The molecule has 0 aromatic heterocycles. The van der Waals surface area contributed by atoms with Crippen molar-refractivity contribution in [2.24, 2.45) is 0 Å². The van der Waals surface area contributed by atoms with E-state index in [1.54, 1.807) is 18.2 Å². The molecule has 0 bridgehead atoms. The number of allylic oxidation sites excluding steroid dienone is 1. The molecule has 0 aliphatic carbocycles. The van der Waals surface area contributed by atoms with Gasteiger partial charge in [-0.25, -0.2) is 0 Å². The molecule has 0 saturated carbocycles. The number of hydrogen-bond acceptors (Lipinski definition) is 5. The lowest BCUT2D eigenvalue weighted by molar-refractivity contribution is 0.0336. The first kappa shape index (κ1) is 15.9. The Labute approximate surface area is 146 Å². The van der Waals surface area contributed by atoms with Gasteiger partial charge in [0.05, 0.1) is 24.3 Å². The molecule has 0 amide bonds. The fraction of sp³-hybridized carbons (Fsp3) is 0.250. The molecule has 128 valence electrons. The van der Waals surface area contributed by atoms with Crippen LogP contribution in [0.15, 0.2) is 48.2 Å². The zero-order chi connectivity index (χ0) is 17.2. The van der Waals surface area contributed by atoms with Crippen molar-refractivity contribution in [1.82, 2.24) is 4.90 Å². The molecule has 0 unspecified atom stereocenters. The Morgan fingerprint density at radius 3 is 2.60 bits per heavy atom. The first-order chi connectivity index (χ1) is 12.2. The predicted octanol–water partition coefficient (Wildman–Crippen LogP) is 2.84. The maximum absolute atomic E-state index is 12.6. The molecule has 2 aliphatic rings. The second-order valence-electron chi connectivity index (χ2n) is 6.18. The number of nitrogens with zero attached hydrogens (tertiary/aromatic N) is 1. The molecular formula is C20H19NO4. The van der Waals surface area contributed by atoms with E-state index in [1.807, 2.05) is 30.3 Å². The van der Waals surface area contributed by atoms with Crippen molar-refractivity contribution in [3.63, 3.8) is 0 Å². The van der Waals surface area contributed by atoms with E-state index in [0.29, 0.717) is 36.6 Å². The Kier molecular flexibility index (Phi) is 4.26. The van der Waals surface area contributed by atoms with Crippen LogP contribution in [-0.4, -0.2) is 42.1 Å². The van der Waals surface area contributed by atoms with Gasteiger partial charge in [-0.1, -0.05) is 30.3 Å². The summed E-state index contributed by atoms with van der Waals surface area (Å²) in [6, 6.07) is 12.8. The van der Waals surface area contributed by atoms with Gasteiger partial charge < -0.3 is 14.6 Å². The molecule has 5 heteroatoms. The largest absolute Gasteiger partial charge is 0.507 e. The highest BCUT2D eigenvalue weighted by atomic mass is 16.5. The fourth-order valence-corrected chi connectivity index (χ4v) is 3.13. The number of carbonyl (C=O) groups excluding carboxylic acids is 1. The molecule has 4 rings (SSSR count). The standard InChI is InChI=1S/C20H19NO4/c22-17-7-6-15-19(23)18(12-14-4-2-1-3-5-14)25-20(15)16(17)13-21-8-10-24-11-9-21/h1-7,12,22H,8-11,13H2/b18-12-.